The Kier molecular flexibility index (Phi) is 5.93. The predicted octanol–water partition coefficient (Wildman–Crippen LogP) is 7.43. The van der Waals surface area contributed by atoms with Crippen LogP contribution in [0.5, 0.6) is 0 Å². The summed E-state index contributed by atoms with van der Waals surface area (Å²) in [5.41, 5.74) is 9.38. The van der Waals surface area contributed by atoms with Gasteiger partial charge in [-0.1, -0.05) is 48.6 Å². The van der Waals surface area contributed by atoms with Crippen LogP contribution in [-0.2, 0) is 6.18 Å². The molecule has 6 nitrogen and oxygen atoms in total. The molecular weight excluding hydrogens is 549 g/mol. The minimum atomic E-state index is -4.53. The normalized spacial score (nSPS) is 20.0. The van der Waals surface area contributed by atoms with Crippen molar-refractivity contribution in [2.75, 3.05) is 0 Å². The molecule has 0 saturated carbocycles. The standard InChI is InChI=1S/C34H19F3N6/c1-18-2-3-21(14-40-18)19-4-7-23-25-12-30-26(13-29(25)32(42-16-38)27(23)10-19)24-8-5-20(11-28(24)33(30)43-17-39)22-6-9-31(41-15-22)34(35,36)37/h2-15,25,29H,1H3/b42-32+,43-33+. The van der Waals surface area contributed by atoms with Crippen molar-refractivity contribution in [2.24, 2.45) is 15.9 Å². The van der Waals surface area contributed by atoms with E-state index in [4.69, 9.17) is 0 Å². The zero-order chi connectivity index (χ0) is 29.9. The third-order valence-electron chi connectivity index (χ3n) is 8.16. The van der Waals surface area contributed by atoms with Crippen LogP contribution in [0.4, 0.5) is 13.2 Å². The van der Waals surface area contributed by atoms with E-state index in [2.05, 4.69) is 38.2 Å². The minimum absolute atomic E-state index is 0.122. The summed E-state index contributed by atoms with van der Waals surface area (Å²) in [5.74, 6) is -0.323. The molecule has 2 aromatic heterocycles. The van der Waals surface area contributed by atoms with Gasteiger partial charge in [-0.05, 0) is 59.0 Å². The van der Waals surface area contributed by atoms with Crippen LogP contribution in [0, 0.1) is 35.8 Å². The first-order chi connectivity index (χ1) is 20.8. The Bertz CT molecular complexity index is 2040. The van der Waals surface area contributed by atoms with Gasteiger partial charge in [-0.3, -0.25) is 9.97 Å². The summed E-state index contributed by atoms with van der Waals surface area (Å²) in [6.07, 6.45) is 6.55. The van der Waals surface area contributed by atoms with Gasteiger partial charge in [0.2, 0.25) is 12.4 Å². The topological polar surface area (TPSA) is 98.1 Å². The van der Waals surface area contributed by atoms with E-state index in [9.17, 15) is 23.7 Å². The number of alkyl halides is 3. The van der Waals surface area contributed by atoms with Gasteiger partial charge in [0.15, 0.2) is 0 Å². The lowest BCUT2D eigenvalue weighted by molar-refractivity contribution is -0.141. The monoisotopic (exact) mass is 568 g/mol. The van der Waals surface area contributed by atoms with Crippen molar-refractivity contribution in [1.29, 1.82) is 10.5 Å². The third kappa shape index (κ3) is 4.25. The van der Waals surface area contributed by atoms with Crippen LogP contribution >= 0.6 is 0 Å². The molecule has 0 fully saturated rings. The Balaban J connectivity index is 1.32. The molecule has 2 unspecified atom stereocenters. The molecule has 0 saturated heterocycles. The van der Waals surface area contributed by atoms with Crippen LogP contribution in [0.15, 0.2) is 101 Å². The molecule has 206 valence electrons. The molecule has 0 aliphatic heterocycles. The van der Waals surface area contributed by atoms with Crippen molar-refractivity contribution in [3.8, 4) is 34.6 Å². The summed E-state index contributed by atoms with van der Waals surface area (Å²) in [6.45, 7) is 1.93. The zero-order valence-electron chi connectivity index (χ0n) is 22.6. The van der Waals surface area contributed by atoms with Gasteiger partial charge < -0.3 is 0 Å². The first-order valence-corrected chi connectivity index (χ1v) is 13.4. The van der Waals surface area contributed by atoms with Crippen molar-refractivity contribution in [3.05, 3.63) is 124 Å². The predicted molar refractivity (Wildman–Crippen MR) is 156 cm³/mol. The molecule has 2 aromatic carbocycles. The summed E-state index contributed by atoms with van der Waals surface area (Å²) >= 11 is 0. The molecule has 9 heteroatoms. The van der Waals surface area contributed by atoms with Gasteiger partial charge in [0.05, 0.1) is 11.4 Å². The summed E-state index contributed by atoms with van der Waals surface area (Å²) in [5, 5.41) is 19.2. The van der Waals surface area contributed by atoms with Gasteiger partial charge in [0.25, 0.3) is 0 Å². The second-order valence-electron chi connectivity index (χ2n) is 10.6. The number of pyridine rings is 2. The van der Waals surface area contributed by atoms with Gasteiger partial charge in [-0.2, -0.15) is 33.7 Å². The Morgan fingerprint density at radius 1 is 0.698 bits per heavy atom. The largest absolute Gasteiger partial charge is 0.433 e. The number of nitrogens with zero attached hydrogens (tertiary/aromatic N) is 6. The number of fused-ring (bicyclic) bond motifs is 6. The highest BCUT2D eigenvalue weighted by atomic mass is 19.4. The average Bonchev–Trinajstić information content (AvgIpc) is 3.47. The van der Waals surface area contributed by atoms with E-state index in [0.29, 0.717) is 28.1 Å². The molecule has 2 heterocycles. The number of aromatic nitrogens is 2. The number of aliphatic imine (C=N–C) groups is 2. The summed E-state index contributed by atoms with van der Waals surface area (Å²) in [6, 6.07) is 18.0. The highest BCUT2D eigenvalue weighted by Gasteiger charge is 2.42. The van der Waals surface area contributed by atoms with Crippen molar-refractivity contribution in [3.63, 3.8) is 0 Å². The van der Waals surface area contributed by atoms with Gasteiger partial charge in [0.1, 0.15) is 5.69 Å². The second-order valence-corrected chi connectivity index (χ2v) is 10.6. The second kappa shape index (κ2) is 9.71. The van der Waals surface area contributed by atoms with Crippen LogP contribution < -0.4 is 0 Å². The zero-order valence-corrected chi connectivity index (χ0v) is 22.6. The molecule has 3 aliphatic rings. The lowest BCUT2D eigenvalue weighted by atomic mass is 9.81. The lowest BCUT2D eigenvalue weighted by Crippen LogP contribution is -2.16. The van der Waals surface area contributed by atoms with Crippen LogP contribution in [-0.4, -0.2) is 21.4 Å². The van der Waals surface area contributed by atoms with Crippen molar-refractivity contribution in [1.82, 2.24) is 9.97 Å². The average molecular weight is 569 g/mol. The van der Waals surface area contributed by atoms with E-state index in [-0.39, 0.29) is 11.8 Å². The van der Waals surface area contributed by atoms with E-state index in [1.807, 2.05) is 68.0 Å². The molecule has 2 atom stereocenters. The number of hydrogen-bond acceptors (Lipinski definition) is 6. The minimum Gasteiger partial charge on any atom is -0.261 e. The quantitative estimate of drug-likeness (QED) is 0.235. The maximum absolute atomic E-state index is 13.0. The van der Waals surface area contributed by atoms with E-state index in [1.165, 1.54) is 12.3 Å². The van der Waals surface area contributed by atoms with Crippen molar-refractivity contribution >= 4 is 17.0 Å². The summed E-state index contributed by atoms with van der Waals surface area (Å²) in [4.78, 5) is 16.4. The number of allylic oxidation sites excluding steroid dienone is 4. The molecule has 0 spiro atoms. The lowest BCUT2D eigenvalue weighted by Gasteiger charge is -2.21. The molecular formula is C34H19F3N6. The van der Waals surface area contributed by atoms with Crippen LogP contribution in [0.1, 0.15) is 39.6 Å². The number of nitriles is 2. The molecule has 0 amide bonds. The first-order valence-electron chi connectivity index (χ1n) is 13.4. The maximum Gasteiger partial charge on any atom is 0.433 e. The highest BCUT2D eigenvalue weighted by molar-refractivity contribution is 6.31. The van der Waals surface area contributed by atoms with Crippen LogP contribution in [0.3, 0.4) is 0 Å². The van der Waals surface area contributed by atoms with E-state index in [0.717, 1.165) is 50.7 Å². The fourth-order valence-electron chi connectivity index (χ4n) is 6.18. The van der Waals surface area contributed by atoms with Gasteiger partial charge in [-0.15, -0.1) is 0 Å². The van der Waals surface area contributed by atoms with Crippen molar-refractivity contribution < 1.29 is 13.2 Å². The molecule has 0 radical (unpaired) electrons. The van der Waals surface area contributed by atoms with Gasteiger partial charge in [0, 0.05) is 57.8 Å². The number of aryl methyl sites for hydroxylation is 1. The molecule has 43 heavy (non-hydrogen) atoms. The number of halogens is 3. The molecule has 0 bridgehead atoms. The van der Waals surface area contributed by atoms with Gasteiger partial charge in [-0.25, -0.2) is 0 Å². The number of benzene rings is 2. The summed E-state index contributed by atoms with van der Waals surface area (Å²) < 4.78 is 39.1. The van der Waals surface area contributed by atoms with Gasteiger partial charge >= 0.3 is 6.18 Å². The molecule has 7 rings (SSSR count). The smallest absolute Gasteiger partial charge is 0.261 e. The number of hydrogen-bond donors (Lipinski definition) is 0. The van der Waals surface area contributed by atoms with Crippen LogP contribution in [0.2, 0.25) is 0 Å². The Hall–Kier alpha value is -5.67. The third-order valence-corrected chi connectivity index (χ3v) is 8.16. The fourth-order valence-corrected chi connectivity index (χ4v) is 6.18. The first kappa shape index (κ1) is 26.2. The highest BCUT2D eigenvalue weighted by Crippen LogP contribution is 2.51. The van der Waals surface area contributed by atoms with E-state index in [1.54, 1.807) is 0 Å². The Morgan fingerprint density at radius 2 is 1.35 bits per heavy atom. The Labute approximate surface area is 244 Å². The molecule has 3 aliphatic carbocycles. The summed E-state index contributed by atoms with van der Waals surface area (Å²) in [7, 11) is 0. The van der Waals surface area contributed by atoms with Crippen molar-refractivity contribution in [2.45, 2.75) is 19.0 Å². The van der Waals surface area contributed by atoms with E-state index >= 15 is 0 Å². The Morgan fingerprint density at radius 3 is 2.00 bits per heavy atom. The van der Waals surface area contributed by atoms with E-state index < -0.39 is 11.9 Å². The van der Waals surface area contributed by atoms with Crippen LogP contribution in [0.25, 0.3) is 27.8 Å². The fraction of sp³-hybridized carbons (Fsp3) is 0.118. The maximum atomic E-state index is 13.0. The molecule has 4 aromatic rings. The SMILES string of the molecule is Cc1ccc(-c2ccc3c(c2)/C(=N\C#N)C2C=C4C(=CC32)/C(=N/C#N)c2cc(-c3ccc(C(F)(F)F)nc3)ccc24)cn1. The molecule has 0 N–H and O–H groups in total. The number of rotatable bonds is 2.